The molecule has 0 saturated heterocycles. The molecule has 3 aliphatic heterocycles. The molecular formula is C83H96Cl2FN3O18S3. The number of benzene rings is 6. The van der Waals surface area contributed by atoms with Crippen LogP contribution in [-0.4, -0.2) is 154 Å². The number of fused-ring (bicyclic) bond motifs is 9. The number of carbonyl (C=O) groups is 5. The molecule has 110 heavy (non-hydrogen) atoms. The number of Topliss-reactive ketones (excluding diaryl/α,β-unsaturated/α-hetero) is 1. The lowest BCUT2D eigenvalue weighted by atomic mass is 9.78. The number of hydrogen-bond acceptors (Lipinski definition) is 15. The summed E-state index contributed by atoms with van der Waals surface area (Å²) in [5.41, 5.74) is 10.8. The van der Waals surface area contributed by atoms with E-state index < -0.39 is 83.8 Å². The fourth-order valence-corrected chi connectivity index (χ4v) is 17.9. The number of carboxylic acids is 3. The molecule has 6 aromatic carbocycles. The number of alkyl halides is 1. The second-order valence-electron chi connectivity index (χ2n) is 29.8. The van der Waals surface area contributed by atoms with E-state index in [1.807, 2.05) is 54.6 Å². The summed E-state index contributed by atoms with van der Waals surface area (Å²) in [5.74, 6) is -5.19. The van der Waals surface area contributed by atoms with Crippen LogP contribution in [-0.2, 0) is 70.6 Å². The van der Waals surface area contributed by atoms with E-state index in [9.17, 15) is 72.4 Å². The minimum absolute atomic E-state index is 0.0686. The van der Waals surface area contributed by atoms with Gasteiger partial charge < -0.3 is 34.4 Å². The molecule has 0 aromatic heterocycles. The van der Waals surface area contributed by atoms with Gasteiger partial charge >= 0.3 is 17.9 Å². The maximum Gasteiger partial charge on any atom is 0.307 e. The van der Waals surface area contributed by atoms with E-state index in [1.54, 1.807) is 0 Å². The number of hydrogen-bond donors (Lipinski definition) is 5. The van der Waals surface area contributed by atoms with E-state index in [2.05, 4.69) is 141 Å². The molecule has 12 rings (SSSR count). The topological polar surface area (TPSA) is 344 Å². The third kappa shape index (κ3) is 20.8. The van der Waals surface area contributed by atoms with Crippen LogP contribution in [0, 0.1) is 17.8 Å². The molecule has 6 aromatic rings. The Bertz CT molecular complexity index is 5210. The van der Waals surface area contributed by atoms with Gasteiger partial charge in [0.25, 0.3) is 10.1 Å². The zero-order valence-electron chi connectivity index (χ0n) is 63.7. The van der Waals surface area contributed by atoms with Crippen LogP contribution in [0.4, 0.5) is 21.5 Å². The molecule has 3 aliphatic carbocycles. The van der Waals surface area contributed by atoms with Crippen LogP contribution < -0.4 is 4.90 Å². The monoisotopic (exact) mass is 1610 g/mol. The molecule has 1 fully saturated rings. The first-order valence-electron chi connectivity index (χ1n) is 37.1. The molecule has 3 heterocycles. The summed E-state index contributed by atoms with van der Waals surface area (Å²) in [6, 6.07) is 37.4. The molecule has 2 unspecified atom stereocenters. The van der Waals surface area contributed by atoms with Crippen LogP contribution in [0.5, 0.6) is 0 Å². The molecular weight excluding hydrogens is 1510 g/mol. The van der Waals surface area contributed by atoms with Gasteiger partial charge in [0.15, 0.2) is 11.4 Å². The number of nitrogens with zero attached hydrogens (tertiary/aromatic N) is 3. The van der Waals surface area contributed by atoms with E-state index >= 15 is 0 Å². The Balaban J connectivity index is 0.000000243. The fraction of sp³-hybridized carbons (Fsp3) is 0.410. The van der Waals surface area contributed by atoms with Gasteiger partial charge in [0, 0.05) is 113 Å². The number of halogens is 3. The Morgan fingerprint density at radius 3 is 1.53 bits per heavy atom. The SMILES string of the molecule is CC1(C)C(=CC=C2CC(C(=O)O)CC(C=CC3=[N+](CCCCS(=O)(=O)O)c4ccc5ccccc5c4C3(C)C)=C2Cl)N(CCCCS(=O)(=O)[O-])c2ccc3ccccc3c21.CC1=[N+](CCCCS(=O)(=O)[O-])c2ccc3ccccc3c2C1(C)C.O=C1CCC(C(=O)O)CC1.O=CC1=C(Cl)/C(=C/O)CC(C(=O)O)C1.[2H]CF. The summed E-state index contributed by atoms with van der Waals surface area (Å²) in [4.78, 5) is 57.1. The highest BCUT2D eigenvalue weighted by atomic mass is 35.5. The predicted octanol–water partition coefficient (Wildman–Crippen LogP) is 16.1. The van der Waals surface area contributed by atoms with Gasteiger partial charge in [0.2, 0.25) is 11.4 Å². The number of ketones is 1. The Morgan fingerprint density at radius 1 is 0.582 bits per heavy atom. The highest BCUT2D eigenvalue weighted by Crippen LogP contribution is 2.52. The number of anilines is 1. The van der Waals surface area contributed by atoms with Gasteiger partial charge in [-0.05, 0) is 165 Å². The lowest BCUT2D eigenvalue weighted by Gasteiger charge is -2.28. The lowest BCUT2D eigenvalue weighted by Crippen LogP contribution is -2.28. The molecule has 5 N–H and O–H groups in total. The highest BCUT2D eigenvalue weighted by Gasteiger charge is 2.47. The van der Waals surface area contributed by atoms with Crippen LogP contribution in [0.15, 0.2) is 178 Å². The predicted molar refractivity (Wildman–Crippen MR) is 427 cm³/mol. The smallest absolute Gasteiger partial charge is 0.307 e. The van der Waals surface area contributed by atoms with Crippen molar-refractivity contribution < 1.29 is 98.2 Å². The van der Waals surface area contributed by atoms with Gasteiger partial charge in [-0.1, -0.05) is 128 Å². The maximum absolute atomic E-state index is 12.7. The van der Waals surface area contributed by atoms with Gasteiger partial charge in [0.1, 0.15) is 25.2 Å². The summed E-state index contributed by atoms with van der Waals surface area (Å²) in [7, 11) is -13.6. The third-order valence-corrected chi connectivity index (χ3v) is 24.8. The zero-order chi connectivity index (χ0) is 81.7. The molecule has 0 bridgehead atoms. The molecule has 0 radical (unpaired) electrons. The van der Waals surface area contributed by atoms with Crippen molar-refractivity contribution in [2.75, 3.05) is 48.9 Å². The summed E-state index contributed by atoms with van der Waals surface area (Å²) >= 11 is 13.0. The Hall–Kier alpha value is -8.53. The van der Waals surface area contributed by atoms with Crippen LogP contribution in [0.1, 0.15) is 156 Å². The average molecular weight is 1610 g/mol. The Kier molecular flexibility index (Phi) is 28.6. The van der Waals surface area contributed by atoms with Gasteiger partial charge in [-0.15, -0.1) is 0 Å². The van der Waals surface area contributed by atoms with Gasteiger partial charge in [-0.2, -0.15) is 17.6 Å². The number of carbonyl (C=O) groups excluding carboxylic acids is 2. The molecule has 1 saturated carbocycles. The molecule has 6 aliphatic rings. The summed E-state index contributed by atoms with van der Waals surface area (Å²) in [5, 5.41) is 44.0. The Morgan fingerprint density at radius 2 is 1.03 bits per heavy atom. The minimum Gasteiger partial charge on any atom is -0.748 e. The average Bonchev–Trinajstić information content (AvgIpc) is 1.59. The van der Waals surface area contributed by atoms with Crippen molar-refractivity contribution in [2.45, 2.75) is 155 Å². The molecule has 2 atom stereocenters. The van der Waals surface area contributed by atoms with Crippen molar-refractivity contribution in [3.63, 3.8) is 0 Å². The molecule has 0 amide bonds. The molecule has 0 spiro atoms. The number of aliphatic hydroxyl groups excluding tert-OH is 1. The van der Waals surface area contributed by atoms with Crippen LogP contribution >= 0.6 is 23.2 Å². The first-order chi connectivity index (χ1) is 52.2. The van der Waals surface area contributed by atoms with Crippen molar-refractivity contribution in [3.05, 3.63) is 195 Å². The van der Waals surface area contributed by atoms with Crippen molar-refractivity contribution in [1.29, 1.82) is 0 Å². The van der Waals surface area contributed by atoms with Crippen molar-refractivity contribution in [2.24, 2.45) is 17.8 Å². The van der Waals surface area contributed by atoms with E-state index in [4.69, 9.17) is 39.9 Å². The standard InChI is InChI=1S/C47H51ClN2O8S2.C19H23NO3S.C9H9ClO4.C7H10O3.CH3F/c1-46(2)40(49(25-9-11-27-59(53,54)55)38-21-17-31-13-5-7-15-36(31)42(38)46)23-19-33-29-35(45(51)52)30-34(44(33)48)20-24-41-47(3,4)43-37-16-8-6-14-32(37)18-22-39(43)50(41)26-10-12-28-60(56,57)58;1-14-19(2,3)18-16-9-5-4-8-15(16)10-11-17(18)20(14)12-6-7-13-24(21,22)23;10-8-6(3-11)1-5(9(13)14)2-7(8)4-12;8-6-3-1-5(2-4-6)7(9)10;1-2/h5-8,13-24,35H,9-12,25-30H2,1-4H3,(H2-,51,52,53,54,55,56,57,58);4-5,8-11H,6-7,12-13H2,1-3H3;3-5,11H,1-2H2,(H,13,14);5H,1-4H2,(H,9,10);1H3/b;;6-3+;;/i;;;;1D. The quantitative estimate of drug-likeness (QED) is 0.0139. The van der Waals surface area contributed by atoms with Crippen molar-refractivity contribution in [1.82, 2.24) is 0 Å². The van der Waals surface area contributed by atoms with Gasteiger partial charge in [-0.25, -0.2) is 16.8 Å². The number of aldehydes is 1. The first-order valence-corrected chi connectivity index (χ1v) is 41.9. The zero-order valence-corrected chi connectivity index (χ0v) is 66.6. The van der Waals surface area contributed by atoms with Crippen LogP contribution in [0.3, 0.4) is 0 Å². The number of carboxylic acid groups (broad SMARTS) is 3. The highest BCUT2D eigenvalue weighted by molar-refractivity contribution is 7.86. The van der Waals surface area contributed by atoms with Crippen molar-refractivity contribution in [3.8, 4) is 0 Å². The summed E-state index contributed by atoms with van der Waals surface area (Å²) < 4.78 is 119. The molecule has 27 heteroatoms. The largest absolute Gasteiger partial charge is 0.748 e. The normalized spacial score (nSPS) is 20.0. The number of aliphatic hydroxyl groups is 1. The van der Waals surface area contributed by atoms with Crippen LogP contribution in [0.25, 0.3) is 32.3 Å². The van der Waals surface area contributed by atoms with E-state index in [1.165, 1.54) is 27.7 Å². The van der Waals surface area contributed by atoms with E-state index in [0.717, 1.165) is 68.3 Å². The summed E-state index contributed by atoms with van der Waals surface area (Å²) in [6.45, 7) is 16.9. The van der Waals surface area contributed by atoms with Gasteiger partial charge in [0.05, 0.1) is 74.4 Å². The van der Waals surface area contributed by atoms with E-state index in [-0.39, 0.29) is 77.8 Å². The van der Waals surface area contributed by atoms with Crippen LogP contribution in [0.2, 0.25) is 0 Å². The second kappa shape index (κ2) is 36.7. The second-order valence-corrected chi connectivity index (χ2v) is 35.2. The number of allylic oxidation sites excluding steroid dienone is 11. The summed E-state index contributed by atoms with van der Waals surface area (Å²) in [6.07, 6.45) is 14.4. The number of unbranched alkanes of at least 4 members (excludes halogenated alkanes) is 3. The Labute approximate surface area is 654 Å². The van der Waals surface area contributed by atoms with Crippen molar-refractivity contribution >= 4 is 144 Å². The van der Waals surface area contributed by atoms with E-state index in [0.29, 0.717) is 92.5 Å². The maximum atomic E-state index is 12.7. The van der Waals surface area contributed by atoms with Gasteiger partial charge in [-0.3, -0.25) is 32.9 Å². The number of aliphatic carboxylic acids is 3. The number of rotatable bonds is 22. The molecule has 21 nitrogen and oxygen atoms in total. The third-order valence-electron chi connectivity index (χ3n) is 21.5. The fourth-order valence-electron chi connectivity index (χ4n) is 15.7. The minimum atomic E-state index is -4.35. The lowest BCUT2D eigenvalue weighted by molar-refractivity contribution is -0.439. The molecule has 590 valence electrons. The first kappa shape index (κ1) is 85.5.